The summed E-state index contributed by atoms with van der Waals surface area (Å²) < 4.78 is 0.0281. The number of nitrogens with zero attached hydrogens (tertiary/aromatic N) is 1. The van der Waals surface area contributed by atoms with Gasteiger partial charge in [-0.3, -0.25) is 4.90 Å². The van der Waals surface area contributed by atoms with E-state index >= 15 is 0 Å². The third kappa shape index (κ3) is 6.14. The average molecular weight is 214 g/mol. The van der Waals surface area contributed by atoms with Crippen LogP contribution in [0.15, 0.2) is 0 Å². The molecule has 0 aliphatic heterocycles. The van der Waals surface area contributed by atoms with Gasteiger partial charge in [-0.1, -0.05) is 13.3 Å². The van der Waals surface area contributed by atoms with Crippen molar-refractivity contribution in [3.8, 4) is 0 Å². The molecule has 0 rings (SSSR count). The Labute approximate surface area is 85.3 Å². The van der Waals surface area contributed by atoms with Gasteiger partial charge >= 0.3 is 0 Å². The standard InChI is InChI=1S/C7H16ClNS2/c1-2-3-5-9(6-4-8)7(10)11/h7,10-11H,2-6H2,1H3. The van der Waals surface area contributed by atoms with E-state index in [-0.39, 0.29) is 4.71 Å². The molecule has 11 heavy (non-hydrogen) atoms. The predicted octanol–water partition coefficient (Wildman–Crippen LogP) is 2.47. The Hall–Kier alpha value is 0.950. The van der Waals surface area contributed by atoms with Crippen LogP contribution in [-0.4, -0.2) is 28.6 Å². The number of hydrogen-bond donors (Lipinski definition) is 2. The Kier molecular flexibility index (Phi) is 8.25. The molecule has 0 aliphatic carbocycles. The molecule has 0 bridgehead atoms. The second kappa shape index (κ2) is 7.59. The maximum absolute atomic E-state index is 5.61. The first-order valence-electron chi connectivity index (χ1n) is 3.88. The molecule has 0 N–H and O–H groups in total. The minimum atomic E-state index is 0.0281. The smallest absolute Gasteiger partial charge is 0.0970 e. The fourth-order valence-corrected chi connectivity index (χ4v) is 1.49. The molecule has 0 heterocycles. The highest BCUT2D eigenvalue weighted by atomic mass is 35.5. The Morgan fingerprint density at radius 1 is 1.36 bits per heavy atom. The number of hydrogen-bond acceptors (Lipinski definition) is 3. The monoisotopic (exact) mass is 213 g/mol. The minimum absolute atomic E-state index is 0.0281. The van der Waals surface area contributed by atoms with Gasteiger partial charge in [-0.05, 0) is 13.0 Å². The lowest BCUT2D eigenvalue weighted by Gasteiger charge is -2.23. The summed E-state index contributed by atoms with van der Waals surface area (Å²) in [6, 6.07) is 0. The fraction of sp³-hybridized carbons (Fsp3) is 1.00. The average Bonchev–Trinajstić information content (AvgIpc) is 1.97. The van der Waals surface area contributed by atoms with E-state index in [1.807, 2.05) is 0 Å². The lowest BCUT2D eigenvalue weighted by Crippen LogP contribution is -2.30. The van der Waals surface area contributed by atoms with Crippen LogP contribution in [0.25, 0.3) is 0 Å². The molecule has 0 saturated heterocycles. The third-order valence-electron chi connectivity index (χ3n) is 1.50. The van der Waals surface area contributed by atoms with Crippen molar-refractivity contribution < 1.29 is 0 Å². The second-order valence-corrected chi connectivity index (χ2v) is 4.19. The SMILES string of the molecule is CCCCN(CCCl)C(S)S. The molecule has 0 unspecified atom stereocenters. The number of unbranched alkanes of at least 4 members (excludes halogenated alkanes) is 1. The van der Waals surface area contributed by atoms with Crippen molar-refractivity contribution >= 4 is 36.9 Å². The van der Waals surface area contributed by atoms with Crippen LogP contribution in [0, 0.1) is 0 Å². The molecule has 0 aromatic heterocycles. The van der Waals surface area contributed by atoms with Crippen molar-refractivity contribution in [2.45, 2.75) is 24.5 Å². The van der Waals surface area contributed by atoms with Gasteiger partial charge < -0.3 is 0 Å². The van der Waals surface area contributed by atoms with Gasteiger partial charge in [0, 0.05) is 12.4 Å². The van der Waals surface area contributed by atoms with Crippen LogP contribution in [0.4, 0.5) is 0 Å². The molecule has 0 radical (unpaired) electrons. The topological polar surface area (TPSA) is 3.24 Å². The van der Waals surface area contributed by atoms with Crippen LogP contribution in [0.3, 0.4) is 0 Å². The Balaban J connectivity index is 3.51. The van der Waals surface area contributed by atoms with Crippen molar-refractivity contribution in [1.82, 2.24) is 4.90 Å². The van der Waals surface area contributed by atoms with E-state index in [0.717, 1.165) is 13.1 Å². The van der Waals surface area contributed by atoms with E-state index in [0.29, 0.717) is 5.88 Å². The van der Waals surface area contributed by atoms with Gasteiger partial charge in [-0.25, -0.2) is 0 Å². The maximum atomic E-state index is 5.61. The number of halogens is 1. The zero-order valence-corrected chi connectivity index (χ0v) is 9.38. The summed E-state index contributed by atoms with van der Waals surface area (Å²) in [6.45, 7) is 4.09. The van der Waals surface area contributed by atoms with Gasteiger partial charge in [-0.2, -0.15) is 0 Å². The molecule has 0 aromatic carbocycles. The summed E-state index contributed by atoms with van der Waals surface area (Å²) in [4.78, 5) is 2.16. The van der Waals surface area contributed by atoms with Crippen molar-refractivity contribution in [2.24, 2.45) is 0 Å². The molecule has 4 heteroatoms. The first kappa shape index (κ1) is 11.9. The Bertz CT molecular complexity index is 90.5. The van der Waals surface area contributed by atoms with Crippen LogP contribution in [0.5, 0.6) is 0 Å². The first-order valence-corrected chi connectivity index (χ1v) is 5.45. The molecular weight excluding hydrogens is 198 g/mol. The van der Waals surface area contributed by atoms with Gasteiger partial charge in [0.05, 0.1) is 4.71 Å². The van der Waals surface area contributed by atoms with Crippen LogP contribution in [0.2, 0.25) is 0 Å². The summed E-state index contributed by atoms with van der Waals surface area (Å²) in [5, 5.41) is 0. The second-order valence-electron chi connectivity index (χ2n) is 2.42. The Morgan fingerprint density at radius 2 is 2.00 bits per heavy atom. The zero-order valence-electron chi connectivity index (χ0n) is 6.83. The molecule has 0 spiro atoms. The first-order chi connectivity index (χ1) is 5.22. The highest BCUT2D eigenvalue weighted by molar-refractivity contribution is 7.99. The van der Waals surface area contributed by atoms with Crippen molar-refractivity contribution in [1.29, 1.82) is 0 Å². The molecule has 0 aromatic rings. The highest BCUT2D eigenvalue weighted by Gasteiger charge is 2.07. The molecule has 0 saturated carbocycles. The molecule has 0 fully saturated rings. The van der Waals surface area contributed by atoms with E-state index in [4.69, 9.17) is 11.6 Å². The van der Waals surface area contributed by atoms with Gasteiger partial charge in [0.2, 0.25) is 0 Å². The minimum Gasteiger partial charge on any atom is -0.282 e. The van der Waals surface area contributed by atoms with E-state index in [9.17, 15) is 0 Å². The summed E-state index contributed by atoms with van der Waals surface area (Å²) >= 11 is 14.1. The molecule has 0 amide bonds. The van der Waals surface area contributed by atoms with Crippen LogP contribution < -0.4 is 0 Å². The van der Waals surface area contributed by atoms with Crippen LogP contribution in [0.1, 0.15) is 19.8 Å². The number of rotatable bonds is 6. The molecular formula is C7H16ClNS2. The van der Waals surface area contributed by atoms with Gasteiger partial charge in [0.25, 0.3) is 0 Å². The third-order valence-corrected chi connectivity index (χ3v) is 2.32. The largest absolute Gasteiger partial charge is 0.282 e. The number of thiol groups is 2. The van der Waals surface area contributed by atoms with E-state index in [1.165, 1.54) is 12.8 Å². The maximum Gasteiger partial charge on any atom is 0.0970 e. The fourth-order valence-electron chi connectivity index (χ4n) is 0.813. The summed E-state index contributed by atoms with van der Waals surface area (Å²) in [6.07, 6.45) is 2.39. The van der Waals surface area contributed by atoms with Gasteiger partial charge in [-0.15, -0.1) is 36.9 Å². The van der Waals surface area contributed by atoms with Gasteiger partial charge in [0.15, 0.2) is 0 Å². The zero-order chi connectivity index (χ0) is 8.69. The highest BCUT2D eigenvalue weighted by Crippen LogP contribution is 2.09. The summed E-state index contributed by atoms with van der Waals surface area (Å²) in [5.41, 5.74) is 0. The molecule has 1 nitrogen and oxygen atoms in total. The van der Waals surface area contributed by atoms with Crippen LogP contribution in [-0.2, 0) is 0 Å². The molecule has 0 atom stereocenters. The summed E-state index contributed by atoms with van der Waals surface area (Å²) in [7, 11) is 0. The Morgan fingerprint density at radius 3 is 2.36 bits per heavy atom. The quantitative estimate of drug-likeness (QED) is 0.390. The van der Waals surface area contributed by atoms with Crippen LogP contribution >= 0.6 is 36.9 Å². The lowest BCUT2D eigenvalue weighted by molar-refractivity contribution is 0.319. The normalized spacial score (nSPS) is 11.5. The predicted molar refractivity (Wildman–Crippen MR) is 59.0 cm³/mol. The molecule has 0 aliphatic rings. The number of alkyl halides is 1. The molecule has 68 valence electrons. The van der Waals surface area contributed by atoms with E-state index in [2.05, 4.69) is 37.1 Å². The lowest BCUT2D eigenvalue weighted by atomic mass is 10.3. The van der Waals surface area contributed by atoms with Crippen molar-refractivity contribution in [3.63, 3.8) is 0 Å². The van der Waals surface area contributed by atoms with Gasteiger partial charge in [0.1, 0.15) is 0 Å². The van der Waals surface area contributed by atoms with E-state index < -0.39 is 0 Å². The van der Waals surface area contributed by atoms with E-state index in [1.54, 1.807) is 0 Å². The summed E-state index contributed by atoms with van der Waals surface area (Å²) in [5.74, 6) is 0.654. The van der Waals surface area contributed by atoms with Crippen molar-refractivity contribution in [2.75, 3.05) is 19.0 Å². The van der Waals surface area contributed by atoms with Crippen molar-refractivity contribution in [3.05, 3.63) is 0 Å².